The zero-order chi connectivity index (χ0) is 24.0. The minimum absolute atomic E-state index is 0.00470. The number of ketones is 1. The zero-order valence-electron chi connectivity index (χ0n) is 19.9. The Labute approximate surface area is 194 Å². The SMILES string of the molecule is COc1ccc(C=C2CCCC(=Cc3ccc(OC)c(OC)c3OC)C2=O)c(OC)c1OC. The van der Waals surface area contributed by atoms with E-state index in [1.165, 1.54) is 0 Å². The Balaban J connectivity index is 2.02. The van der Waals surface area contributed by atoms with Gasteiger partial charge in [-0.2, -0.15) is 0 Å². The fourth-order valence-electron chi connectivity index (χ4n) is 4.03. The second-order valence-corrected chi connectivity index (χ2v) is 7.37. The fraction of sp³-hybridized carbons (Fsp3) is 0.346. The number of rotatable bonds is 8. The highest BCUT2D eigenvalue weighted by atomic mass is 16.5. The van der Waals surface area contributed by atoms with E-state index in [1.54, 1.807) is 54.8 Å². The van der Waals surface area contributed by atoms with Gasteiger partial charge in [-0.25, -0.2) is 0 Å². The molecule has 0 aromatic heterocycles. The lowest BCUT2D eigenvalue weighted by molar-refractivity contribution is -0.112. The Morgan fingerprint density at radius 1 is 0.576 bits per heavy atom. The van der Waals surface area contributed by atoms with Crippen LogP contribution in [0.1, 0.15) is 30.4 Å². The number of Topliss-reactive ketones (excluding diaryl/α,β-unsaturated/α-hetero) is 1. The maximum Gasteiger partial charge on any atom is 0.203 e. The molecule has 1 aliphatic carbocycles. The number of carbonyl (C=O) groups is 1. The summed E-state index contributed by atoms with van der Waals surface area (Å²) < 4.78 is 32.8. The number of allylic oxidation sites excluding steroid dienone is 2. The van der Waals surface area contributed by atoms with Crippen LogP contribution in [0.3, 0.4) is 0 Å². The number of methoxy groups -OCH3 is 6. The second-order valence-electron chi connectivity index (χ2n) is 7.37. The number of hydrogen-bond acceptors (Lipinski definition) is 7. The van der Waals surface area contributed by atoms with Crippen LogP contribution in [-0.2, 0) is 4.79 Å². The lowest BCUT2D eigenvalue weighted by Crippen LogP contribution is -2.12. The van der Waals surface area contributed by atoms with Crippen LogP contribution < -0.4 is 28.4 Å². The van der Waals surface area contributed by atoms with Crippen molar-refractivity contribution in [3.8, 4) is 34.5 Å². The van der Waals surface area contributed by atoms with Gasteiger partial charge in [-0.1, -0.05) is 0 Å². The summed E-state index contributed by atoms with van der Waals surface area (Å²) in [5, 5.41) is 0. The van der Waals surface area contributed by atoms with Crippen molar-refractivity contribution in [2.45, 2.75) is 19.3 Å². The first-order chi connectivity index (χ1) is 16.0. The standard InChI is InChI=1S/C26H30O7/c1-28-20-12-10-18(23(30-3)25(20)32-5)14-16-8-7-9-17(22(16)27)15-19-11-13-21(29-2)26(33-6)24(19)31-4/h10-15H,7-9H2,1-6H3. The highest BCUT2D eigenvalue weighted by Gasteiger charge is 2.24. The lowest BCUT2D eigenvalue weighted by atomic mass is 9.86. The number of carbonyl (C=O) groups excluding carboxylic acids is 1. The van der Waals surface area contributed by atoms with Crippen molar-refractivity contribution in [1.82, 2.24) is 0 Å². The molecule has 1 fully saturated rings. The van der Waals surface area contributed by atoms with Gasteiger partial charge in [0.15, 0.2) is 28.8 Å². The maximum absolute atomic E-state index is 13.4. The van der Waals surface area contributed by atoms with Crippen molar-refractivity contribution >= 4 is 17.9 Å². The molecule has 0 atom stereocenters. The highest BCUT2D eigenvalue weighted by molar-refractivity contribution is 6.14. The van der Waals surface area contributed by atoms with Gasteiger partial charge in [-0.3, -0.25) is 4.79 Å². The Morgan fingerprint density at radius 3 is 1.30 bits per heavy atom. The van der Waals surface area contributed by atoms with Gasteiger partial charge in [0, 0.05) is 22.3 Å². The molecule has 0 heterocycles. The van der Waals surface area contributed by atoms with E-state index in [0.717, 1.165) is 17.5 Å². The van der Waals surface area contributed by atoms with Gasteiger partial charge in [0.1, 0.15) is 0 Å². The molecule has 7 nitrogen and oxygen atoms in total. The number of hydrogen-bond donors (Lipinski definition) is 0. The smallest absolute Gasteiger partial charge is 0.203 e. The van der Waals surface area contributed by atoms with Gasteiger partial charge in [0.05, 0.1) is 42.7 Å². The molecule has 0 bridgehead atoms. The van der Waals surface area contributed by atoms with Crippen molar-refractivity contribution < 1.29 is 33.2 Å². The van der Waals surface area contributed by atoms with Crippen LogP contribution in [0.5, 0.6) is 34.5 Å². The average Bonchev–Trinajstić information content (AvgIpc) is 2.85. The van der Waals surface area contributed by atoms with E-state index in [9.17, 15) is 4.79 Å². The van der Waals surface area contributed by atoms with Gasteiger partial charge in [0.2, 0.25) is 11.5 Å². The summed E-state index contributed by atoms with van der Waals surface area (Å²) in [7, 11) is 9.38. The number of ether oxygens (including phenoxy) is 6. The van der Waals surface area contributed by atoms with Gasteiger partial charge < -0.3 is 28.4 Å². The molecule has 0 aliphatic heterocycles. The third-order valence-electron chi connectivity index (χ3n) is 5.60. The molecule has 0 N–H and O–H groups in total. The van der Waals surface area contributed by atoms with Crippen LogP contribution in [0.2, 0.25) is 0 Å². The third kappa shape index (κ3) is 4.77. The van der Waals surface area contributed by atoms with Crippen molar-refractivity contribution in [2.24, 2.45) is 0 Å². The minimum atomic E-state index is -0.00470. The molecule has 2 aromatic rings. The Kier molecular flexibility index (Phi) is 7.87. The van der Waals surface area contributed by atoms with Crippen molar-refractivity contribution in [2.75, 3.05) is 42.7 Å². The van der Waals surface area contributed by atoms with E-state index in [-0.39, 0.29) is 5.78 Å². The largest absolute Gasteiger partial charge is 0.493 e. The first kappa shape index (κ1) is 24.0. The first-order valence-electron chi connectivity index (χ1n) is 10.6. The Bertz CT molecular complexity index is 999. The van der Waals surface area contributed by atoms with E-state index in [0.29, 0.717) is 58.5 Å². The molecular formula is C26H30O7. The van der Waals surface area contributed by atoms with Crippen molar-refractivity contribution in [1.29, 1.82) is 0 Å². The molecule has 1 aliphatic rings. The molecule has 33 heavy (non-hydrogen) atoms. The predicted molar refractivity (Wildman–Crippen MR) is 127 cm³/mol. The van der Waals surface area contributed by atoms with Crippen LogP contribution >= 0.6 is 0 Å². The predicted octanol–water partition coefficient (Wildman–Crippen LogP) is 4.96. The van der Waals surface area contributed by atoms with Crippen LogP contribution in [0.4, 0.5) is 0 Å². The summed E-state index contributed by atoms with van der Waals surface area (Å²) in [5.41, 5.74) is 2.92. The van der Waals surface area contributed by atoms with Gasteiger partial charge >= 0.3 is 0 Å². The fourth-order valence-corrected chi connectivity index (χ4v) is 4.03. The van der Waals surface area contributed by atoms with Gasteiger partial charge in [-0.05, 0) is 55.7 Å². The van der Waals surface area contributed by atoms with Crippen LogP contribution in [-0.4, -0.2) is 48.4 Å². The Morgan fingerprint density at radius 2 is 0.970 bits per heavy atom. The molecule has 176 valence electrons. The van der Waals surface area contributed by atoms with Crippen LogP contribution in [0.25, 0.3) is 12.2 Å². The van der Waals surface area contributed by atoms with Gasteiger partial charge in [-0.15, -0.1) is 0 Å². The van der Waals surface area contributed by atoms with Gasteiger partial charge in [0.25, 0.3) is 0 Å². The molecule has 3 rings (SSSR count). The molecule has 7 heteroatoms. The summed E-state index contributed by atoms with van der Waals surface area (Å²) in [6.45, 7) is 0. The van der Waals surface area contributed by atoms with E-state index in [1.807, 2.05) is 24.3 Å². The van der Waals surface area contributed by atoms with Crippen molar-refractivity contribution in [3.63, 3.8) is 0 Å². The third-order valence-corrected chi connectivity index (χ3v) is 5.60. The zero-order valence-corrected chi connectivity index (χ0v) is 19.9. The number of benzene rings is 2. The van der Waals surface area contributed by atoms with E-state index >= 15 is 0 Å². The minimum Gasteiger partial charge on any atom is -0.493 e. The van der Waals surface area contributed by atoms with E-state index < -0.39 is 0 Å². The summed E-state index contributed by atoms with van der Waals surface area (Å²) in [6, 6.07) is 7.31. The van der Waals surface area contributed by atoms with Crippen LogP contribution in [0.15, 0.2) is 35.4 Å². The topological polar surface area (TPSA) is 72.5 Å². The summed E-state index contributed by atoms with van der Waals surface area (Å²) >= 11 is 0. The average molecular weight is 455 g/mol. The molecule has 0 unspecified atom stereocenters. The highest BCUT2D eigenvalue weighted by Crippen LogP contribution is 2.43. The first-order valence-corrected chi connectivity index (χ1v) is 10.6. The Hall–Kier alpha value is -3.61. The van der Waals surface area contributed by atoms with E-state index in [2.05, 4.69) is 0 Å². The summed E-state index contributed by atoms with van der Waals surface area (Å²) in [4.78, 5) is 13.4. The molecular weight excluding hydrogens is 424 g/mol. The molecule has 0 spiro atoms. The molecule has 0 amide bonds. The summed E-state index contributed by atoms with van der Waals surface area (Å²) in [6.07, 6.45) is 5.94. The van der Waals surface area contributed by atoms with Crippen molar-refractivity contribution in [3.05, 3.63) is 46.5 Å². The molecule has 0 saturated heterocycles. The molecule has 0 radical (unpaired) electrons. The monoisotopic (exact) mass is 454 g/mol. The quantitative estimate of drug-likeness (QED) is 0.522. The van der Waals surface area contributed by atoms with E-state index in [4.69, 9.17) is 28.4 Å². The normalized spacial score (nSPS) is 16.0. The second kappa shape index (κ2) is 10.8. The molecule has 2 aromatic carbocycles. The molecule has 1 saturated carbocycles. The van der Waals surface area contributed by atoms with Crippen LogP contribution in [0, 0.1) is 0 Å². The lowest BCUT2D eigenvalue weighted by Gasteiger charge is -2.19. The summed E-state index contributed by atoms with van der Waals surface area (Å²) in [5.74, 6) is 3.15. The maximum atomic E-state index is 13.4.